The van der Waals surface area contributed by atoms with Gasteiger partial charge in [0.05, 0.1) is 12.0 Å². The van der Waals surface area contributed by atoms with Crippen molar-refractivity contribution in [2.24, 2.45) is 0 Å². The number of likely N-dealkylation sites (N-methyl/N-ethyl adjacent to an activating group) is 1. The molecule has 0 unspecified atom stereocenters. The third-order valence-electron chi connectivity index (χ3n) is 3.41. The van der Waals surface area contributed by atoms with E-state index in [0.29, 0.717) is 6.54 Å². The van der Waals surface area contributed by atoms with Crippen LogP contribution in [0.5, 0.6) is 0 Å². The van der Waals surface area contributed by atoms with Crippen LogP contribution in [0.1, 0.15) is 17.0 Å². The van der Waals surface area contributed by atoms with Gasteiger partial charge in [0.25, 0.3) is 0 Å². The molecule has 0 aliphatic rings. The summed E-state index contributed by atoms with van der Waals surface area (Å²) in [5.74, 6) is -0.276. The summed E-state index contributed by atoms with van der Waals surface area (Å²) < 4.78 is 14.7. The first kappa shape index (κ1) is 14.2. The summed E-state index contributed by atoms with van der Waals surface area (Å²) in [5, 5.41) is 0. The van der Waals surface area contributed by atoms with Crippen molar-refractivity contribution in [3.8, 4) is 0 Å². The van der Waals surface area contributed by atoms with Crippen LogP contribution in [0.15, 0.2) is 30.6 Å². The molecule has 0 fully saturated rings. The van der Waals surface area contributed by atoms with E-state index in [-0.39, 0.29) is 18.3 Å². The van der Waals surface area contributed by atoms with E-state index in [1.807, 2.05) is 18.4 Å². The molecule has 0 aliphatic carbocycles. The summed E-state index contributed by atoms with van der Waals surface area (Å²) in [5.41, 5.74) is 2.83. The Morgan fingerprint density at radius 3 is 2.50 bits per heavy atom. The number of rotatable bonds is 4. The summed E-state index contributed by atoms with van der Waals surface area (Å²) in [7, 11) is 1.74. The topological polar surface area (TPSA) is 38.1 Å². The Kier molecular flexibility index (Phi) is 4.17. The molecule has 0 N–H and O–H groups in total. The highest BCUT2D eigenvalue weighted by Crippen LogP contribution is 2.08. The minimum atomic E-state index is -0.271. The van der Waals surface area contributed by atoms with Crippen LogP contribution in [0.25, 0.3) is 0 Å². The molecular weight excluding hydrogens is 257 g/mol. The molecule has 2 aromatic rings. The van der Waals surface area contributed by atoms with Gasteiger partial charge < -0.3 is 9.47 Å². The van der Waals surface area contributed by atoms with Gasteiger partial charge in [-0.25, -0.2) is 9.37 Å². The molecule has 106 valence electrons. The van der Waals surface area contributed by atoms with Crippen LogP contribution in [0, 0.1) is 19.7 Å². The number of carbonyl (C=O) groups is 1. The van der Waals surface area contributed by atoms with E-state index in [4.69, 9.17) is 0 Å². The minimum Gasteiger partial charge on any atom is -0.340 e. The van der Waals surface area contributed by atoms with Gasteiger partial charge in [0.2, 0.25) is 5.91 Å². The first-order chi connectivity index (χ1) is 9.47. The average Bonchev–Trinajstić information content (AvgIpc) is 2.73. The van der Waals surface area contributed by atoms with E-state index in [2.05, 4.69) is 4.98 Å². The van der Waals surface area contributed by atoms with Gasteiger partial charge in [-0.3, -0.25) is 4.79 Å². The Hall–Kier alpha value is -2.17. The first-order valence-electron chi connectivity index (χ1n) is 6.44. The van der Waals surface area contributed by atoms with Crippen molar-refractivity contribution in [1.29, 1.82) is 0 Å². The number of aryl methyl sites for hydroxylation is 1. The molecule has 0 saturated heterocycles. The second-order valence-electron chi connectivity index (χ2n) is 4.92. The van der Waals surface area contributed by atoms with E-state index in [9.17, 15) is 9.18 Å². The maximum Gasteiger partial charge on any atom is 0.242 e. The fraction of sp³-hybridized carbons (Fsp3) is 0.333. The molecule has 1 aromatic heterocycles. The minimum absolute atomic E-state index is 0.00479. The molecule has 1 heterocycles. The lowest BCUT2D eigenvalue weighted by molar-refractivity contribution is -0.131. The Morgan fingerprint density at radius 1 is 1.30 bits per heavy atom. The molecule has 4 nitrogen and oxygen atoms in total. The monoisotopic (exact) mass is 275 g/mol. The van der Waals surface area contributed by atoms with Crippen molar-refractivity contribution in [1.82, 2.24) is 14.5 Å². The highest BCUT2D eigenvalue weighted by atomic mass is 19.1. The number of aromatic nitrogens is 2. The summed E-state index contributed by atoms with van der Waals surface area (Å²) in [6.07, 6.45) is 1.67. The number of nitrogens with zero attached hydrogens (tertiary/aromatic N) is 3. The molecule has 1 aromatic carbocycles. The standard InChI is InChI=1S/C15H18FN3O/c1-11-12(2)19(10-17-11)9-15(20)18(3)8-13-4-6-14(16)7-5-13/h4-7,10H,8-9H2,1-3H3. The Morgan fingerprint density at radius 2 is 1.95 bits per heavy atom. The van der Waals surface area contributed by atoms with Crippen molar-refractivity contribution in [2.45, 2.75) is 26.9 Å². The smallest absolute Gasteiger partial charge is 0.242 e. The maximum atomic E-state index is 12.8. The molecule has 0 radical (unpaired) electrons. The van der Waals surface area contributed by atoms with Crippen molar-refractivity contribution >= 4 is 5.91 Å². The van der Waals surface area contributed by atoms with Crippen LogP contribution in [0.4, 0.5) is 4.39 Å². The normalized spacial score (nSPS) is 10.6. The quantitative estimate of drug-likeness (QED) is 0.858. The number of imidazole rings is 1. The van der Waals surface area contributed by atoms with Crippen LogP contribution in [0.2, 0.25) is 0 Å². The number of carbonyl (C=O) groups excluding carboxylic acids is 1. The lowest BCUT2D eigenvalue weighted by Gasteiger charge is -2.18. The summed E-state index contributed by atoms with van der Waals surface area (Å²) in [6, 6.07) is 6.17. The fourth-order valence-corrected chi connectivity index (χ4v) is 1.92. The highest BCUT2D eigenvalue weighted by Gasteiger charge is 2.12. The zero-order valence-electron chi connectivity index (χ0n) is 11.9. The van der Waals surface area contributed by atoms with Crippen LogP contribution < -0.4 is 0 Å². The van der Waals surface area contributed by atoms with E-state index in [1.165, 1.54) is 12.1 Å². The molecule has 20 heavy (non-hydrogen) atoms. The van der Waals surface area contributed by atoms with E-state index < -0.39 is 0 Å². The van der Waals surface area contributed by atoms with E-state index >= 15 is 0 Å². The lowest BCUT2D eigenvalue weighted by atomic mass is 10.2. The zero-order valence-corrected chi connectivity index (χ0v) is 11.9. The molecule has 0 atom stereocenters. The Labute approximate surface area is 117 Å². The maximum absolute atomic E-state index is 12.8. The lowest BCUT2D eigenvalue weighted by Crippen LogP contribution is -2.29. The molecule has 5 heteroatoms. The van der Waals surface area contributed by atoms with Gasteiger partial charge in [-0.1, -0.05) is 12.1 Å². The predicted octanol–water partition coefficient (Wildman–Crippen LogP) is 2.30. The van der Waals surface area contributed by atoms with Crippen LogP contribution in [-0.2, 0) is 17.9 Å². The van der Waals surface area contributed by atoms with Gasteiger partial charge in [-0.15, -0.1) is 0 Å². The number of halogens is 1. The zero-order chi connectivity index (χ0) is 14.7. The third kappa shape index (κ3) is 3.23. The van der Waals surface area contributed by atoms with Crippen LogP contribution in [-0.4, -0.2) is 27.4 Å². The predicted molar refractivity (Wildman–Crippen MR) is 74.6 cm³/mol. The second kappa shape index (κ2) is 5.86. The highest BCUT2D eigenvalue weighted by molar-refractivity contribution is 5.75. The molecule has 2 rings (SSSR count). The van der Waals surface area contributed by atoms with Crippen LogP contribution >= 0.6 is 0 Å². The number of amides is 1. The van der Waals surface area contributed by atoms with E-state index in [1.54, 1.807) is 30.4 Å². The molecule has 0 bridgehead atoms. The second-order valence-corrected chi connectivity index (χ2v) is 4.92. The fourth-order valence-electron chi connectivity index (χ4n) is 1.92. The van der Waals surface area contributed by atoms with Crippen molar-refractivity contribution in [2.75, 3.05) is 7.05 Å². The Balaban J connectivity index is 1.98. The molecule has 0 aliphatic heterocycles. The number of hydrogen-bond donors (Lipinski definition) is 0. The Bertz CT molecular complexity index is 604. The first-order valence-corrected chi connectivity index (χ1v) is 6.44. The van der Waals surface area contributed by atoms with Crippen molar-refractivity contribution in [3.63, 3.8) is 0 Å². The van der Waals surface area contributed by atoms with Gasteiger partial charge in [-0.2, -0.15) is 0 Å². The van der Waals surface area contributed by atoms with Gasteiger partial charge >= 0.3 is 0 Å². The summed E-state index contributed by atoms with van der Waals surface area (Å²) in [6.45, 7) is 4.59. The largest absolute Gasteiger partial charge is 0.340 e. The van der Waals surface area contributed by atoms with Crippen LogP contribution in [0.3, 0.4) is 0 Å². The molecule has 0 saturated carbocycles. The van der Waals surface area contributed by atoms with Gasteiger partial charge in [-0.05, 0) is 31.5 Å². The SMILES string of the molecule is Cc1ncn(CC(=O)N(C)Cc2ccc(F)cc2)c1C. The molecule has 0 spiro atoms. The van der Waals surface area contributed by atoms with Gasteiger partial charge in [0.1, 0.15) is 12.4 Å². The summed E-state index contributed by atoms with van der Waals surface area (Å²) >= 11 is 0. The number of hydrogen-bond acceptors (Lipinski definition) is 2. The van der Waals surface area contributed by atoms with Crippen molar-refractivity contribution < 1.29 is 9.18 Å². The van der Waals surface area contributed by atoms with Gasteiger partial charge in [0, 0.05) is 19.3 Å². The van der Waals surface area contributed by atoms with E-state index in [0.717, 1.165) is 17.0 Å². The molecular formula is C15H18FN3O. The molecule has 1 amide bonds. The summed E-state index contributed by atoms with van der Waals surface area (Å²) in [4.78, 5) is 17.9. The van der Waals surface area contributed by atoms with Gasteiger partial charge in [0.15, 0.2) is 0 Å². The average molecular weight is 275 g/mol. The third-order valence-corrected chi connectivity index (χ3v) is 3.41. The number of benzene rings is 1. The van der Waals surface area contributed by atoms with Crippen molar-refractivity contribution in [3.05, 3.63) is 53.4 Å².